The molecule has 0 fully saturated rings. The predicted octanol–water partition coefficient (Wildman–Crippen LogP) is 3.79. The highest BCUT2D eigenvalue weighted by Gasteiger charge is 2.03. The lowest BCUT2D eigenvalue weighted by Crippen LogP contribution is -1.95. The van der Waals surface area contributed by atoms with Gasteiger partial charge in [-0.3, -0.25) is 0 Å². The Kier molecular flexibility index (Phi) is 3.50. The molecule has 0 aliphatic heterocycles. The smallest absolute Gasteiger partial charge is 0.0994 e. The van der Waals surface area contributed by atoms with Crippen molar-refractivity contribution < 1.29 is 0 Å². The van der Waals surface area contributed by atoms with Gasteiger partial charge in [0, 0.05) is 11.4 Å². The molecule has 0 radical (unpaired) electrons. The van der Waals surface area contributed by atoms with Crippen LogP contribution in [0.5, 0.6) is 0 Å². The van der Waals surface area contributed by atoms with Crippen LogP contribution in [-0.4, -0.2) is 0 Å². The number of aryl methyl sites for hydroxylation is 2. The number of anilines is 2. The summed E-state index contributed by atoms with van der Waals surface area (Å²) >= 11 is 0. The first kappa shape index (κ1) is 12.7. The zero-order valence-electron chi connectivity index (χ0n) is 10.9. The lowest BCUT2D eigenvalue weighted by Gasteiger charge is -2.11. The van der Waals surface area contributed by atoms with Crippen LogP contribution in [0.4, 0.5) is 11.4 Å². The number of benzene rings is 2. The van der Waals surface area contributed by atoms with Gasteiger partial charge in [-0.15, -0.1) is 0 Å². The van der Waals surface area contributed by atoms with Crippen LogP contribution >= 0.6 is 0 Å². The summed E-state index contributed by atoms with van der Waals surface area (Å²) in [5.41, 5.74) is 5.12. The second kappa shape index (κ2) is 5.25. The van der Waals surface area contributed by atoms with Gasteiger partial charge in [0.05, 0.1) is 23.3 Å². The van der Waals surface area contributed by atoms with Gasteiger partial charge in [0.1, 0.15) is 0 Å². The van der Waals surface area contributed by atoms with Crippen molar-refractivity contribution in [2.75, 3.05) is 5.32 Å². The summed E-state index contributed by atoms with van der Waals surface area (Å²) in [6.07, 6.45) is 0. The van der Waals surface area contributed by atoms with Crippen molar-refractivity contribution in [3.63, 3.8) is 0 Å². The fraction of sp³-hybridized carbons (Fsp3) is 0.125. The molecule has 2 aromatic carbocycles. The Hall–Kier alpha value is -2.78. The van der Waals surface area contributed by atoms with Gasteiger partial charge in [-0.2, -0.15) is 10.5 Å². The molecule has 3 nitrogen and oxygen atoms in total. The number of nitrogens with zero attached hydrogens (tertiary/aromatic N) is 2. The third-order valence-electron chi connectivity index (χ3n) is 2.99. The van der Waals surface area contributed by atoms with Crippen LogP contribution in [0.25, 0.3) is 0 Å². The van der Waals surface area contributed by atoms with Crippen LogP contribution in [0, 0.1) is 36.5 Å². The van der Waals surface area contributed by atoms with Crippen molar-refractivity contribution in [2.45, 2.75) is 13.8 Å². The molecule has 0 saturated heterocycles. The van der Waals surface area contributed by atoms with Crippen LogP contribution in [0.1, 0.15) is 22.3 Å². The van der Waals surface area contributed by atoms with Gasteiger partial charge in [-0.25, -0.2) is 0 Å². The fourth-order valence-corrected chi connectivity index (χ4v) is 1.85. The van der Waals surface area contributed by atoms with E-state index < -0.39 is 0 Å². The molecule has 1 N–H and O–H groups in total. The second-order valence-corrected chi connectivity index (χ2v) is 4.41. The first-order chi connectivity index (χ1) is 9.13. The summed E-state index contributed by atoms with van der Waals surface area (Å²) in [6, 6.07) is 15.4. The van der Waals surface area contributed by atoms with Gasteiger partial charge in [0.15, 0.2) is 0 Å². The van der Waals surface area contributed by atoms with E-state index in [1.807, 2.05) is 38.1 Å². The van der Waals surface area contributed by atoms with Crippen molar-refractivity contribution in [2.24, 2.45) is 0 Å². The molecule has 0 unspecified atom stereocenters. The Balaban J connectivity index is 2.34. The number of rotatable bonds is 2. The monoisotopic (exact) mass is 247 g/mol. The molecule has 0 aromatic heterocycles. The summed E-state index contributed by atoms with van der Waals surface area (Å²) in [6.45, 7) is 3.89. The van der Waals surface area contributed by atoms with E-state index in [9.17, 15) is 0 Å². The van der Waals surface area contributed by atoms with Crippen molar-refractivity contribution >= 4 is 11.4 Å². The quantitative estimate of drug-likeness (QED) is 0.878. The molecule has 19 heavy (non-hydrogen) atoms. The van der Waals surface area contributed by atoms with Crippen LogP contribution < -0.4 is 5.32 Å². The van der Waals surface area contributed by atoms with Gasteiger partial charge in [-0.1, -0.05) is 6.07 Å². The summed E-state index contributed by atoms with van der Waals surface area (Å²) < 4.78 is 0. The van der Waals surface area contributed by atoms with Gasteiger partial charge < -0.3 is 5.32 Å². The minimum Gasteiger partial charge on any atom is -0.355 e. The largest absolute Gasteiger partial charge is 0.355 e. The summed E-state index contributed by atoms with van der Waals surface area (Å²) in [7, 11) is 0. The minimum absolute atomic E-state index is 0.624. The molecule has 0 atom stereocenters. The normalized spacial score (nSPS) is 9.47. The van der Waals surface area contributed by atoms with E-state index in [0.29, 0.717) is 11.1 Å². The predicted molar refractivity (Wildman–Crippen MR) is 75.1 cm³/mol. The summed E-state index contributed by atoms with van der Waals surface area (Å²) in [5.74, 6) is 0. The number of nitriles is 2. The zero-order chi connectivity index (χ0) is 13.8. The molecule has 0 aliphatic carbocycles. The molecule has 0 saturated carbocycles. The summed E-state index contributed by atoms with van der Waals surface area (Å²) in [5, 5.41) is 21.1. The van der Waals surface area contributed by atoms with Crippen molar-refractivity contribution in [3.05, 3.63) is 58.7 Å². The third kappa shape index (κ3) is 2.73. The van der Waals surface area contributed by atoms with E-state index in [4.69, 9.17) is 10.5 Å². The second-order valence-electron chi connectivity index (χ2n) is 4.41. The van der Waals surface area contributed by atoms with Crippen LogP contribution in [-0.2, 0) is 0 Å². The maximum absolute atomic E-state index is 8.92. The van der Waals surface area contributed by atoms with Gasteiger partial charge in [0.25, 0.3) is 0 Å². The Bertz CT molecular complexity index is 703. The minimum atomic E-state index is 0.624. The lowest BCUT2D eigenvalue weighted by atomic mass is 10.1. The van der Waals surface area contributed by atoms with Gasteiger partial charge in [-0.05, 0) is 55.3 Å². The van der Waals surface area contributed by atoms with E-state index in [2.05, 4.69) is 17.5 Å². The molecular formula is C16H13N3. The van der Waals surface area contributed by atoms with E-state index in [1.165, 1.54) is 0 Å². The first-order valence-electron chi connectivity index (χ1n) is 5.92. The van der Waals surface area contributed by atoms with E-state index >= 15 is 0 Å². The van der Waals surface area contributed by atoms with Crippen molar-refractivity contribution in [3.8, 4) is 12.1 Å². The Morgan fingerprint density at radius 3 is 2.32 bits per heavy atom. The molecule has 0 amide bonds. The highest BCUT2D eigenvalue weighted by atomic mass is 14.9. The maximum atomic E-state index is 8.92. The van der Waals surface area contributed by atoms with Gasteiger partial charge >= 0.3 is 0 Å². The molecule has 2 aromatic rings. The van der Waals surface area contributed by atoms with Crippen LogP contribution in [0.2, 0.25) is 0 Å². The standard InChI is InChI=1S/C16H13N3/c1-11-3-4-13(9-17)8-16(11)19-15-6-5-14(10-18)12(2)7-15/h3-8,19H,1-2H3. The Morgan fingerprint density at radius 2 is 1.68 bits per heavy atom. The SMILES string of the molecule is Cc1cc(Nc2cc(C#N)ccc2C)ccc1C#N. The van der Waals surface area contributed by atoms with Crippen LogP contribution in [0.3, 0.4) is 0 Å². The average Bonchev–Trinajstić information content (AvgIpc) is 2.41. The van der Waals surface area contributed by atoms with Crippen molar-refractivity contribution in [1.29, 1.82) is 10.5 Å². The van der Waals surface area contributed by atoms with Gasteiger partial charge in [0.2, 0.25) is 0 Å². The topological polar surface area (TPSA) is 59.6 Å². The van der Waals surface area contributed by atoms with E-state index in [-0.39, 0.29) is 0 Å². The Labute approximate surface area is 112 Å². The van der Waals surface area contributed by atoms with E-state index in [0.717, 1.165) is 22.5 Å². The molecule has 3 heteroatoms. The number of hydrogen-bond donors (Lipinski definition) is 1. The average molecular weight is 247 g/mol. The first-order valence-corrected chi connectivity index (χ1v) is 5.92. The highest BCUT2D eigenvalue weighted by Crippen LogP contribution is 2.23. The molecular weight excluding hydrogens is 234 g/mol. The lowest BCUT2D eigenvalue weighted by molar-refractivity contribution is 1.37. The highest BCUT2D eigenvalue weighted by molar-refractivity contribution is 5.66. The fourth-order valence-electron chi connectivity index (χ4n) is 1.85. The van der Waals surface area contributed by atoms with Crippen LogP contribution in [0.15, 0.2) is 36.4 Å². The van der Waals surface area contributed by atoms with Crippen molar-refractivity contribution in [1.82, 2.24) is 0 Å². The third-order valence-corrected chi connectivity index (χ3v) is 2.99. The number of hydrogen-bond acceptors (Lipinski definition) is 3. The molecule has 0 aliphatic rings. The molecule has 92 valence electrons. The molecule has 0 bridgehead atoms. The summed E-state index contributed by atoms with van der Waals surface area (Å²) in [4.78, 5) is 0. The zero-order valence-corrected chi connectivity index (χ0v) is 10.9. The molecule has 0 spiro atoms. The Morgan fingerprint density at radius 1 is 0.895 bits per heavy atom. The number of nitrogens with one attached hydrogen (secondary N) is 1. The molecule has 0 heterocycles. The maximum Gasteiger partial charge on any atom is 0.0994 e. The van der Waals surface area contributed by atoms with E-state index in [1.54, 1.807) is 12.1 Å². The molecule has 2 rings (SSSR count).